The number of hydrogen-bond acceptors (Lipinski definition) is 4. The molecule has 0 saturated carbocycles. The van der Waals surface area contributed by atoms with Crippen molar-refractivity contribution >= 4 is 23.0 Å². The summed E-state index contributed by atoms with van der Waals surface area (Å²) in [4.78, 5) is 23.5. The number of carbonyl (C=O) groups is 2. The third-order valence-electron chi connectivity index (χ3n) is 2.09. The molecular weight excluding hydrogens is 218 g/mol. The van der Waals surface area contributed by atoms with Crippen LogP contribution < -0.4 is 0 Å². The SMILES string of the molecule is O=C(O)c1coc(CN2CCSC2=O)c1. The molecule has 1 saturated heterocycles. The number of hydrogen-bond donors (Lipinski definition) is 1. The molecule has 1 aliphatic heterocycles. The second kappa shape index (κ2) is 3.98. The summed E-state index contributed by atoms with van der Waals surface area (Å²) in [6.45, 7) is 1.03. The number of carboxylic acid groups (broad SMARTS) is 1. The van der Waals surface area contributed by atoms with Gasteiger partial charge in [-0.05, 0) is 6.07 Å². The topological polar surface area (TPSA) is 70.8 Å². The zero-order valence-electron chi connectivity index (χ0n) is 7.80. The fraction of sp³-hybridized carbons (Fsp3) is 0.333. The molecule has 1 aromatic heterocycles. The Morgan fingerprint density at radius 2 is 2.47 bits per heavy atom. The first-order valence-electron chi connectivity index (χ1n) is 4.39. The van der Waals surface area contributed by atoms with E-state index in [1.807, 2.05) is 0 Å². The van der Waals surface area contributed by atoms with Gasteiger partial charge in [0.2, 0.25) is 0 Å². The maximum atomic E-state index is 11.3. The number of rotatable bonds is 3. The highest BCUT2D eigenvalue weighted by Crippen LogP contribution is 2.20. The molecule has 1 aliphatic rings. The maximum Gasteiger partial charge on any atom is 0.338 e. The molecule has 0 aliphatic carbocycles. The van der Waals surface area contributed by atoms with E-state index >= 15 is 0 Å². The van der Waals surface area contributed by atoms with Crippen LogP contribution in [0, 0.1) is 0 Å². The van der Waals surface area contributed by atoms with E-state index in [-0.39, 0.29) is 10.8 Å². The number of aromatic carboxylic acids is 1. The molecule has 6 heteroatoms. The molecule has 0 radical (unpaired) electrons. The fourth-order valence-corrected chi connectivity index (χ4v) is 2.16. The van der Waals surface area contributed by atoms with Gasteiger partial charge in [-0.25, -0.2) is 4.79 Å². The van der Waals surface area contributed by atoms with Gasteiger partial charge in [-0.3, -0.25) is 4.79 Å². The van der Waals surface area contributed by atoms with Crippen molar-refractivity contribution in [3.8, 4) is 0 Å². The second-order valence-corrected chi connectivity index (χ2v) is 4.19. The van der Waals surface area contributed by atoms with Crippen LogP contribution in [0.15, 0.2) is 16.7 Å². The van der Waals surface area contributed by atoms with Crippen molar-refractivity contribution in [3.63, 3.8) is 0 Å². The van der Waals surface area contributed by atoms with Gasteiger partial charge in [0, 0.05) is 12.3 Å². The number of amides is 1. The minimum absolute atomic E-state index is 0.0169. The molecule has 0 bridgehead atoms. The van der Waals surface area contributed by atoms with E-state index in [0.29, 0.717) is 18.8 Å². The Balaban J connectivity index is 2.04. The normalized spacial score (nSPS) is 16.0. The van der Waals surface area contributed by atoms with Crippen LogP contribution in [0.4, 0.5) is 4.79 Å². The number of furan rings is 1. The lowest BCUT2D eigenvalue weighted by atomic mass is 10.3. The quantitative estimate of drug-likeness (QED) is 0.850. The molecule has 0 spiro atoms. The van der Waals surface area contributed by atoms with Crippen molar-refractivity contribution in [2.45, 2.75) is 6.54 Å². The van der Waals surface area contributed by atoms with Gasteiger partial charge in [0.25, 0.3) is 5.24 Å². The summed E-state index contributed by atoms with van der Waals surface area (Å²) in [5.74, 6) is 0.265. The molecule has 5 nitrogen and oxygen atoms in total. The lowest BCUT2D eigenvalue weighted by Crippen LogP contribution is -2.22. The van der Waals surface area contributed by atoms with Crippen molar-refractivity contribution in [1.29, 1.82) is 0 Å². The van der Waals surface area contributed by atoms with Gasteiger partial charge < -0.3 is 14.4 Å². The zero-order valence-corrected chi connectivity index (χ0v) is 8.62. The van der Waals surface area contributed by atoms with Crippen molar-refractivity contribution in [2.75, 3.05) is 12.3 Å². The van der Waals surface area contributed by atoms with E-state index in [4.69, 9.17) is 9.52 Å². The molecule has 1 N–H and O–H groups in total. The van der Waals surface area contributed by atoms with Crippen molar-refractivity contribution < 1.29 is 19.1 Å². The standard InChI is InChI=1S/C9H9NO4S/c11-8(12)6-3-7(14-5-6)4-10-1-2-15-9(10)13/h3,5H,1-2,4H2,(H,11,12). The monoisotopic (exact) mass is 227 g/mol. The van der Waals surface area contributed by atoms with E-state index in [2.05, 4.69) is 0 Å². The average Bonchev–Trinajstić information content (AvgIpc) is 2.77. The summed E-state index contributed by atoms with van der Waals surface area (Å²) in [7, 11) is 0. The van der Waals surface area contributed by atoms with Gasteiger partial charge in [-0.2, -0.15) is 0 Å². The molecular formula is C9H9NO4S. The number of nitrogens with zero attached hydrogens (tertiary/aromatic N) is 1. The molecule has 1 amide bonds. The highest BCUT2D eigenvalue weighted by molar-refractivity contribution is 8.13. The van der Waals surface area contributed by atoms with Crippen LogP contribution in [0.3, 0.4) is 0 Å². The number of thioether (sulfide) groups is 1. The van der Waals surface area contributed by atoms with Crippen molar-refractivity contribution in [3.05, 3.63) is 23.7 Å². The number of carboxylic acids is 1. The van der Waals surface area contributed by atoms with E-state index < -0.39 is 5.97 Å². The van der Waals surface area contributed by atoms with E-state index in [1.54, 1.807) is 4.90 Å². The van der Waals surface area contributed by atoms with Gasteiger partial charge in [0.15, 0.2) is 0 Å². The third-order valence-corrected chi connectivity index (χ3v) is 2.98. The highest BCUT2D eigenvalue weighted by Gasteiger charge is 2.22. The molecule has 0 aromatic carbocycles. The van der Waals surface area contributed by atoms with E-state index in [9.17, 15) is 9.59 Å². The molecule has 80 valence electrons. The summed E-state index contributed by atoms with van der Waals surface area (Å²) in [6.07, 6.45) is 1.19. The minimum atomic E-state index is -1.02. The Kier molecular flexibility index (Phi) is 2.68. The van der Waals surface area contributed by atoms with Crippen molar-refractivity contribution in [1.82, 2.24) is 4.90 Å². The average molecular weight is 227 g/mol. The van der Waals surface area contributed by atoms with Crippen molar-refractivity contribution in [2.24, 2.45) is 0 Å². The fourth-order valence-electron chi connectivity index (χ4n) is 1.33. The molecule has 15 heavy (non-hydrogen) atoms. The van der Waals surface area contributed by atoms with Gasteiger partial charge in [-0.1, -0.05) is 11.8 Å². The Morgan fingerprint density at radius 3 is 3.00 bits per heavy atom. The zero-order chi connectivity index (χ0) is 10.8. The van der Waals surface area contributed by atoms with Crippen LogP contribution in [-0.4, -0.2) is 33.5 Å². The molecule has 0 atom stereocenters. The van der Waals surface area contributed by atoms with E-state index in [1.165, 1.54) is 24.1 Å². The third kappa shape index (κ3) is 2.15. The molecule has 1 fully saturated rings. The summed E-state index contributed by atoms with van der Waals surface area (Å²) in [5, 5.41) is 8.68. The van der Waals surface area contributed by atoms with Crippen LogP contribution in [0.5, 0.6) is 0 Å². The van der Waals surface area contributed by atoms with Crippen LogP contribution >= 0.6 is 11.8 Å². The first-order chi connectivity index (χ1) is 7.16. The first kappa shape index (κ1) is 10.1. The number of carbonyl (C=O) groups excluding carboxylic acids is 1. The largest absolute Gasteiger partial charge is 0.478 e. The van der Waals surface area contributed by atoms with Crippen LogP contribution in [0.25, 0.3) is 0 Å². The van der Waals surface area contributed by atoms with Gasteiger partial charge in [0.1, 0.15) is 12.0 Å². The Bertz CT molecular complexity index is 401. The summed E-state index contributed by atoms with van der Waals surface area (Å²) in [5.41, 5.74) is 0.115. The van der Waals surface area contributed by atoms with Gasteiger partial charge in [0.05, 0.1) is 12.1 Å². The lowest BCUT2D eigenvalue weighted by Gasteiger charge is -2.11. The smallest absolute Gasteiger partial charge is 0.338 e. The molecule has 2 rings (SSSR count). The molecule has 1 aromatic rings. The highest BCUT2D eigenvalue weighted by atomic mass is 32.2. The summed E-state index contributed by atoms with van der Waals surface area (Å²) >= 11 is 1.27. The maximum absolute atomic E-state index is 11.3. The Morgan fingerprint density at radius 1 is 1.67 bits per heavy atom. The predicted molar refractivity (Wildman–Crippen MR) is 53.9 cm³/mol. The van der Waals surface area contributed by atoms with Gasteiger partial charge >= 0.3 is 5.97 Å². The Labute approximate surface area is 90.0 Å². The summed E-state index contributed by atoms with van der Waals surface area (Å²) in [6, 6.07) is 1.44. The van der Waals surface area contributed by atoms with Crippen LogP contribution in [0.1, 0.15) is 16.1 Å². The minimum Gasteiger partial charge on any atom is -0.478 e. The lowest BCUT2D eigenvalue weighted by molar-refractivity contribution is 0.0696. The predicted octanol–water partition coefficient (Wildman–Crippen LogP) is 1.65. The Hall–Kier alpha value is -1.43. The van der Waals surface area contributed by atoms with Crippen LogP contribution in [-0.2, 0) is 6.54 Å². The second-order valence-electron chi connectivity index (χ2n) is 3.14. The van der Waals surface area contributed by atoms with Crippen LogP contribution in [0.2, 0.25) is 0 Å². The molecule has 0 unspecified atom stereocenters. The van der Waals surface area contributed by atoms with Gasteiger partial charge in [-0.15, -0.1) is 0 Å². The van der Waals surface area contributed by atoms with E-state index in [0.717, 1.165) is 5.75 Å². The molecule has 2 heterocycles. The summed E-state index contributed by atoms with van der Waals surface area (Å²) < 4.78 is 5.05. The first-order valence-corrected chi connectivity index (χ1v) is 5.38.